The summed E-state index contributed by atoms with van der Waals surface area (Å²) in [5.74, 6) is 0.830. The molecule has 1 aliphatic heterocycles. The first-order valence-electron chi connectivity index (χ1n) is 6.48. The van der Waals surface area contributed by atoms with Crippen molar-refractivity contribution in [2.75, 3.05) is 5.75 Å². The van der Waals surface area contributed by atoms with Gasteiger partial charge >= 0.3 is 0 Å². The van der Waals surface area contributed by atoms with E-state index in [4.69, 9.17) is 0 Å². The van der Waals surface area contributed by atoms with Gasteiger partial charge in [-0.1, -0.05) is 48.5 Å². The van der Waals surface area contributed by atoms with Crippen LogP contribution >= 0.6 is 11.8 Å². The number of carbonyl (C=O) groups is 1. The summed E-state index contributed by atoms with van der Waals surface area (Å²) in [5.41, 5.74) is 1.91. The monoisotopic (exact) mass is 285 g/mol. The number of phenols is 1. The van der Waals surface area contributed by atoms with Crippen LogP contribution in [0.15, 0.2) is 54.6 Å². The average Bonchev–Trinajstić information content (AvgIpc) is 2.82. The number of benzene rings is 2. The molecule has 0 aliphatic carbocycles. The quantitative estimate of drug-likeness (QED) is 0.941. The molecule has 1 amide bonds. The number of phenolic OH excluding ortho intramolecular Hbond substituents is 1. The molecule has 3 nitrogen and oxygen atoms in total. The molecule has 2 aromatic carbocycles. The van der Waals surface area contributed by atoms with Crippen LogP contribution in [0.2, 0.25) is 0 Å². The van der Waals surface area contributed by atoms with Crippen LogP contribution in [0.25, 0.3) is 0 Å². The van der Waals surface area contributed by atoms with Crippen molar-refractivity contribution in [2.45, 2.75) is 11.9 Å². The van der Waals surface area contributed by atoms with E-state index in [1.807, 2.05) is 47.4 Å². The van der Waals surface area contributed by atoms with Crippen LogP contribution in [0.1, 0.15) is 16.5 Å². The van der Waals surface area contributed by atoms with Crippen LogP contribution < -0.4 is 0 Å². The molecule has 1 fully saturated rings. The Morgan fingerprint density at radius 1 is 1.10 bits per heavy atom. The highest BCUT2D eigenvalue weighted by Gasteiger charge is 2.33. The smallest absolute Gasteiger partial charge is 0.234 e. The van der Waals surface area contributed by atoms with Crippen molar-refractivity contribution >= 4 is 17.7 Å². The van der Waals surface area contributed by atoms with Gasteiger partial charge in [-0.05, 0) is 11.6 Å². The lowest BCUT2D eigenvalue weighted by Gasteiger charge is -2.24. The van der Waals surface area contributed by atoms with Crippen LogP contribution in [0, 0.1) is 0 Å². The van der Waals surface area contributed by atoms with Crippen molar-refractivity contribution < 1.29 is 9.90 Å². The van der Waals surface area contributed by atoms with E-state index in [1.165, 1.54) is 0 Å². The van der Waals surface area contributed by atoms with Crippen LogP contribution in [0.5, 0.6) is 5.75 Å². The molecular formula is C16H15NO2S. The summed E-state index contributed by atoms with van der Waals surface area (Å²) >= 11 is 1.56. The first-order valence-corrected chi connectivity index (χ1v) is 7.53. The standard InChI is InChI=1S/C16H15NO2S/c18-14-9-5-4-8-13(14)16-17(15(19)11-20-16)10-12-6-2-1-3-7-12/h1-9,16,18H,10-11H2/t16-/m1/s1. The lowest BCUT2D eigenvalue weighted by Crippen LogP contribution is -2.27. The second-order valence-corrected chi connectivity index (χ2v) is 5.80. The molecule has 1 heterocycles. The minimum Gasteiger partial charge on any atom is -0.508 e. The van der Waals surface area contributed by atoms with E-state index in [-0.39, 0.29) is 17.0 Å². The van der Waals surface area contributed by atoms with Crippen molar-refractivity contribution in [3.8, 4) is 5.75 Å². The maximum atomic E-state index is 12.1. The maximum absolute atomic E-state index is 12.1. The highest BCUT2D eigenvalue weighted by atomic mass is 32.2. The Bertz CT molecular complexity index is 615. The Labute approximate surface area is 122 Å². The Morgan fingerprint density at radius 2 is 1.80 bits per heavy atom. The molecule has 0 saturated carbocycles. The predicted octanol–water partition coefficient (Wildman–Crippen LogP) is 3.17. The van der Waals surface area contributed by atoms with E-state index in [0.29, 0.717) is 12.3 Å². The lowest BCUT2D eigenvalue weighted by molar-refractivity contribution is -0.128. The van der Waals surface area contributed by atoms with Crippen molar-refractivity contribution in [2.24, 2.45) is 0 Å². The molecule has 1 N–H and O–H groups in total. The second-order valence-electron chi connectivity index (χ2n) is 4.73. The third-order valence-electron chi connectivity index (χ3n) is 3.37. The van der Waals surface area contributed by atoms with Gasteiger partial charge in [0.15, 0.2) is 0 Å². The molecule has 0 aromatic heterocycles. The number of carbonyl (C=O) groups excluding carboxylic acids is 1. The largest absolute Gasteiger partial charge is 0.508 e. The van der Waals surface area contributed by atoms with Gasteiger partial charge in [-0.3, -0.25) is 4.79 Å². The van der Waals surface area contributed by atoms with E-state index in [2.05, 4.69) is 0 Å². The molecule has 1 aliphatic rings. The van der Waals surface area contributed by atoms with Gasteiger partial charge in [-0.25, -0.2) is 0 Å². The lowest BCUT2D eigenvalue weighted by atomic mass is 10.1. The van der Waals surface area contributed by atoms with Gasteiger partial charge in [0, 0.05) is 12.1 Å². The molecule has 0 radical (unpaired) electrons. The van der Waals surface area contributed by atoms with Crippen LogP contribution in [-0.2, 0) is 11.3 Å². The molecule has 20 heavy (non-hydrogen) atoms. The number of thioether (sulfide) groups is 1. The highest BCUT2D eigenvalue weighted by molar-refractivity contribution is 8.00. The van der Waals surface area contributed by atoms with Gasteiger partial charge in [-0.2, -0.15) is 0 Å². The fourth-order valence-electron chi connectivity index (χ4n) is 2.36. The minimum absolute atomic E-state index is 0.107. The Kier molecular flexibility index (Phi) is 3.65. The zero-order valence-electron chi connectivity index (χ0n) is 10.9. The van der Waals surface area contributed by atoms with Gasteiger partial charge in [-0.15, -0.1) is 11.8 Å². The molecule has 0 spiro atoms. The molecular weight excluding hydrogens is 270 g/mol. The predicted molar refractivity (Wildman–Crippen MR) is 80.3 cm³/mol. The first kappa shape index (κ1) is 13.1. The zero-order valence-corrected chi connectivity index (χ0v) is 11.7. The van der Waals surface area contributed by atoms with Gasteiger partial charge in [0.25, 0.3) is 0 Å². The van der Waals surface area contributed by atoms with E-state index in [1.54, 1.807) is 23.9 Å². The summed E-state index contributed by atoms with van der Waals surface area (Å²) in [4.78, 5) is 13.9. The summed E-state index contributed by atoms with van der Waals surface area (Å²) in [6.45, 7) is 0.575. The highest BCUT2D eigenvalue weighted by Crippen LogP contribution is 2.42. The number of amides is 1. The molecule has 4 heteroatoms. The van der Waals surface area contributed by atoms with E-state index in [0.717, 1.165) is 11.1 Å². The topological polar surface area (TPSA) is 40.5 Å². The third kappa shape index (κ3) is 2.51. The second kappa shape index (κ2) is 5.59. The van der Waals surface area contributed by atoms with Gasteiger partial charge in [0.1, 0.15) is 11.1 Å². The summed E-state index contributed by atoms with van der Waals surface area (Å²) in [5, 5.41) is 9.88. The Hall–Kier alpha value is -1.94. The molecule has 1 saturated heterocycles. The van der Waals surface area contributed by atoms with Crippen molar-refractivity contribution in [3.63, 3.8) is 0 Å². The molecule has 0 unspecified atom stereocenters. The number of hydrogen-bond acceptors (Lipinski definition) is 3. The zero-order chi connectivity index (χ0) is 13.9. The van der Waals surface area contributed by atoms with Gasteiger partial charge in [0.2, 0.25) is 5.91 Å². The normalized spacial score (nSPS) is 18.5. The molecule has 3 rings (SSSR count). The van der Waals surface area contributed by atoms with Crippen LogP contribution in [-0.4, -0.2) is 21.7 Å². The van der Waals surface area contributed by atoms with Crippen LogP contribution in [0.3, 0.4) is 0 Å². The van der Waals surface area contributed by atoms with Gasteiger partial charge < -0.3 is 10.0 Å². The van der Waals surface area contributed by atoms with Crippen LogP contribution in [0.4, 0.5) is 0 Å². The van der Waals surface area contributed by atoms with Crippen molar-refractivity contribution in [3.05, 3.63) is 65.7 Å². The number of hydrogen-bond donors (Lipinski definition) is 1. The SMILES string of the molecule is O=C1CS[C@H](c2ccccc2O)N1Cc1ccccc1. The molecule has 102 valence electrons. The third-order valence-corrected chi connectivity index (χ3v) is 4.60. The van der Waals surface area contributed by atoms with E-state index < -0.39 is 0 Å². The average molecular weight is 285 g/mol. The number of rotatable bonds is 3. The number of aromatic hydroxyl groups is 1. The fourth-order valence-corrected chi connectivity index (χ4v) is 3.58. The Balaban J connectivity index is 1.88. The van der Waals surface area contributed by atoms with Crippen molar-refractivity contribution in [1.29, 1.82) is 0 Å². The molecule has 0 bridgehead atoms. The van der Waals surface area contributed by atoms with E-state index >= 15 is 0 Å². The summed E-state index contributed by atoms with van der Waals surface area (Å²) in [6.07, 6.45) is 0. The summed E-state index contributed by atoms with van der Waals surface area (Å²) in [7, 11) is 0. The minimum atomic E-state index is -0.107. The summed E-state index contributed by atoms with van der Waals surface area (Å²) < 4.78 is 0. The Morgan fingerprint density at radius 3 is 2.55 bits per heavy atom. The van der Waals surface area contributed by atoms with Gasteiger partial charge in [0.05, 0.1) is 5.75 Å². The molecule has 2 aromatic rings. The first-order chi connectivity index (χ1) is 9.75. The maximum Gasteiger partial charge on any atom is 0.234 e. The fraction of sp³-hybridized carbons (Fsp3) is 0.188. The number of nitrogens with zero attached hydrogens (tertiary/aromatic N) is 1. The van der Waals surface area contributed by atoms with Crippen molar-refractivity contribution in [1.82, 2.24) is 4.90 Å². The summed E-state index contributed by atoms with van der Waals surface area (Å²) in [6, 6.07) is 17.2. The molecule has 1 atom stereocenters. The number of para-hydroxylation sites is 1. The van der Waals surface area contributed by atoms with E-state index in [9.17, 15) is 9.90 Å².